The third-order valence-electron chi connectivity index (χ3n) is 4.20. The predicted molar refractivity (Wildman–Crippen MR) is 92.2 cm³/mol. The summed E-state index contributed by atoms with van der Waals surface area (Å²) in [4.78, 5) is 24.4. The molecule has 1 aliphatic rings. The molecule has 0 bridgehead atoms. The summed E-state index contributed by atoms with van der Waals surface area (Å²) in [5.41, 5.74) is 6.76. The van der Waals surface area contributed by atoms with E-state index in [9.17, 15) is 9.59 Å². The van der Waals surface area contributed by atoms with Gasteiger partial charge in [-0.2, -0.15) is 0 Å². The highest BCUT2D eigenvalue weighted by atomic mass is 16.2. The van der Waals surface area contributed by atoms with Crippen LogP contribution in [0.4, 0.5) is 5.69 Å². The molecule has 0 aromatic heterocycles. The Morgan fingerprint density at radius 2 is 1.83 bits per heavy atom. The molecule has 0 saturated heterocycles. The van der Waals surface area contributed by atoms with Gasteiger partial charge in [-0.1, -0.05) is 6.42 Å². The van der Waals surface area contributed by atoms with Crippen LogP contribution in [-0.4, -0.2) is 23.9 Å². The van der Waals surface area contributed by atoms with E-state index < -0.39 is 0 Å². The van der Waals surface area contributed by atoms with E-state index >= 15 is 0 Å². The maximum Gasteiger partial charge on any atom is 0.251 e. The summed E-state index contributed by atoms with van der Waals surface area (Å²) in [6, 6.07) is 6.99. The molecule has 0 heterocycles. The molecule has 0 spiro atoms. The molecule has 1 aromatic rings. The molecule has 4 N–H and O–H groups in total. The fourth-order valence-electron chi connectivity index (χ4n) is 3.02. The quantitative estimate of drug-likeness (QED) is 0.798. The first-order valence-electron chi connectivity index (χ1n) is 8.23. The molecular weight excluding hydrogens is 290 g/mol. The van der Waals surface area contributed by atoms with Crippen molar-refractivity contribution in [2.75, 3.05) is 11.9 Å². The van der Waals surface area contributed by atoms with Crippen LogP contribution in [0.3, 0.4) is 0 Å². The molecule has 23 heavy (non-hydrogen) atoms. The summed E-state index contributed by atoms with van der Waals surface area (Å²) in [7, 11) is 0. The second kappa shape index (κ2) is 7.13. The van der Waals surface area contributed by atoms with Crippen molar-refractivity contribution in [2.45, 2.75) is 45.6 Å². The molecule has 2 amide bonds. The van der Waals surface area contributed by atoms with Gasteiger partial charge in [-0.15, -0.1) is 0 Å². The fourth-order valence-corrected chi connectivity index (χ4v) is 3.02. The Hall–Kier alpha value is -1.88. The molecule has 5 nitrogen and oxygen atoms in total. The summed E-state index contributed by atoms with van der Waals surface area (Å²) in [5, 5.41) is 5.85. The van der Waals surface area contributed by atoms with E-state index in [1.165, 1.54) is 0 Å². The molecule has 5 heteroatoms. The summed E-state index contributed by atoms with van der Waals surface area (Å²) >= 11 is 0. The minimum atomic E-state index is -0.274. The van der Waals surface area contributed by atoms with Gasteiger partial charge in [0.25, 0.3) is 5.91 Å². The normalized spacial score (nSPS) is 21.0. The van der Waals surface area contributed by atoms with Crippen LogP contribution in [0.5, 0.6) is 0 Å². The third kappa shape index (κ3) is 4.79. The molecule has 0 unspecified atom stereocenters. The Balaban J connectivity index is 1.97. The largest absolute Gasteiger partial charge is 0.347 e. The van der Waals surface area contributed by atoms with E-state index in [0.29, 0.717) is 17.8 Å². The Labute approximate surface area is 138 Å². The highest BCUT2D eigenvalue weighted by Gasteiger charge is 2.31. The molecule has 126 valence electrons. The smallest absolute Gasteiger partial charge is 0.251 e. The first-order chi connectivity index (χ1) is 10.8. The van der Waals surface area contributed by atoms with Crippen molar-refractivity contribution in [1.29, 1.82) is 0 Å². The lowest BCUT2D eigenvalue weighted by atomic mass is 9.95. The topological polar surface area (TPSA) is 84.2 Å². The van der Waals surface area contributed by atoms with Gasteiger partial charge in [0, 0.05) is 22.7 Å². The van der Waals surface area contributed by atoms with Gasteiger partial charge >= 0.3 is 0 Å². The second-order valence-corrected chi connectivity index (χ2v) is 7.30. The second-order valence-electron chi connectivity index (χ2n) is 7.30. The van der Waals surface area contributed by atoms with Gasteiger partial charge in [0.15, 0.2) is 0 Å². The van der Waals surface area contributed by atoms with Crippen molar-refractivity contribution in [3.8, 4) is 0 Å². The van der Waals surface area contributed by atoms with Crippen LogP contribution in [0.15, 0.2) is 24.3 Å². The van der Waals surface area contributed by atoms with E-state index in [1.807, 2.05) is 20.8 Å². The molecular formula is C18H27N3O2. The zero-order valence-electron chi connectivity index (χ0n) is 14.2. The van der Waals surface area contributed by atoms with Crippen LogP contribution in [-0.2, 0) is 4.79 Å². The van der Waals surface area contributed by atoms with Crippen LogP contribution in [0.25, 0.3) is 0 Å². The lowest BCUT2D eigenvalue weighted by molar-refractivity contribution is -0.120. The summed E-state index contributed by atoms with van der Waals surface area (Å²) in [6.45, 7) is 6.38. The van der Waals surface area contributed by atoms with Crippen molar-refractivity contribution < 1.29 is 9.59 Å². The summed E-state index contributed by atoms with van der Waals surface area (Å²) in [6.07, 6.45) is 2.99. The fraction of sp³-hybridized carbons (Fsp3) is 0.556. The van der Waals surface area contributed by atoms with Crippen LogP contribution in [0.2, 0.25) is 0 Å². The van der Waals surface area contributed by atoms with Crippen molar-refractivity contribution in [1.82, 2.24) is 5.32 Å². The summed E-state index contributed by atoms with van der Waals surface area (Å²) < 4.78 is 0. The Morgan fingerprint density at radius 1 is 1.17 bits per heavy atom. The zero-order chi connectivity index (χ0) is 17.0. The van der Waals surface area contributed by atoms with Gasteiger partial charge in [-0.05, 0) is 70.3 Å². The number of carbonyl (C=O) groups is 2. The van der Waals surface area contributed by atoms with Gasteiger partial charge in [0.05, 0.1) is 0 Å². The molecule has 2 atom stereocenters. The lowest BCUT2D eigenvalue weighted by Gasteiger charge is -2.20. The molecule has 0 aliphatic heterocycles. The molecule has 1 fully saturated rings. The average Bonchev–Trinajstić information content (AvgIpc) is 2.94. The number of rotatable bonds is 4. The van der Waals surface area contributed by atoms with Gasteiger partial charge in [0.1, 0.15) is 0 Å². The number of benzene rings is 1. The number of hydrogen-bond acceptors (Lipinski definition) is 3. The van der Waals surface area contributed by atoms with E-state index in [0.717, 1.165) is 19.3 Å². The Kier molecular flexibility index (Phi) is 5.42. The van der Waals surface area contributed by atoms with Crippen LogP contribution < -0.4 is 16.4 Å². The average molecular weight is 317 g/mol. The highest BCUT2D eigenvalue weighted by molar-refractivity contribution is 5.96. The van der Waals surface area contributed by atoms with E-state index in [4.69, 9.17) is 5.73 Å². The number of carbonyl (C=O) groups excluding carboxylic acids is 2. The van der Waals surface area contributed by atoms with Crippen LogP contribution >= 0.6 is 0 Å². The van der Waals surface area contributed by atoms with Gasteiger partial charge < -0.3 is 16.4 Å². The first-order valence-corrected chi connectivity index (χ1v) is 8.23. The molecule has 2 rings (SSSR count). The van der Waals surface area contributed by atoms with Crippen molar-refractivity contribution in [3.63, 3.8) is 0 Å². The van der Waals surface area contributed by atoms with Crippen molar-refractivity contribution in [2.24, 2.45) is 17.6 Å². The monoisotopic (exact) mass is 317 g/mol. The van der Waals surface area contributed by atoms with Crippen molar-refractivity contribution in [3.05, 3.63) is 29.8 Å². The van der Waals surface area contributed by atoms with Gasteiger partial charge in [0.2, 0.25) is 5.91 Å². The maximum atomic E-state index is 12.3. The number of anilines is 1. The van der Waals surface area contributed by atoms with Gasteiger partial charge in [-0.25, -0.2) is 0 Å². The number of nitrogens with one attached hydrogen (secondary N) is 2. The van der Waals surface area contributed by atoms with Crippen molar-refractivity contribution >= 4 is 17.5 Å². The Morgan fingerprint density at radius 3 is 2.39 bits per heavy atom. The zero-order valence-corrected chi connectivity index (χ0v) is 14.2. The third-order valence-corrected chi connectivity index (χ3v) is 4.20. The number of nitrogens with two attached hydrogens (primary N) is 1. The molecule has 1 aromatic carbocycles. The SMILES string of the molecule is CC(C)(C)NC(=O)c1ccc(NC(=O)[C@@H]2CCC[C@@H]2CN)cc1. The first kappa shape index (κ1) is 17.5. The van der Waals surface area contributed by atoms with E-state index in [2.05, 4.69) is 10.6 Å². The Bertz CT molecular complexity index is 561. The van der Waals surface area contributed by atoms with Crippen LogP contribution in [0.1, 0.15) is 50.4 Å². The minimum absolute atomic E-state index is 0.00358. The molecule has 1 aliphatic carbocycles. The van der Waals surface area contributed by atoms with Crippen LogP contribution in [0, 0.1) is 11.8 Å². The molecule has 1 saturated carbocycles. The predicted octanol–water partition coefficient (Wildman–Crippen LogP) is 2.53. The summed E-state index contributed by atoms with van der Waals surface area (Å²) in [5.74, 6) is 0.204. The number of amides is 2. The van der Waals surface area contributed by atoms with Gasteiger partial charge in [-0.3, -0.25) is 9.59 Å². The highest BCUT2D eigenvalue weighted by Crippen LogP contribution is 2.31. The molecule has 0 radical (unpaired) electrons. The lowest BCUT2D eigenvalue weighted by Crippen LogP contribution is -2.40. The van der Waals surface area contributed by atoms with E-state index in [-0.39, 0.29) is 29.2 Å². The maximum absolute atomic E-state index is 12.3. The standard InChI is InChI=1S/C18H27N3O2/c1-18(2,3)21-16(22)12-7-9-14(10-8-12)20-17(23)15-6-4-5-13(15)11-19/h7-10,13,15H,4-6,11,19H2,1-3H3,(H,20,23)(H,21,22)/t13-,15-/m1/s1. The van der Waals surface area contributed by atoms with E-state index in [1.54, 1.807) is 24.3 Å². The minimum Gasteiger partial charge on any atom is -0.347 e. The number of hydrogen-bond donors (Lipinski definition) is 3.